The molecule has 2 aromatic heterocycles. The molecular formula is C20H24N6O4S2. The third kappa shape index (κ3) is 4.63. The van der Waals surface area contributed by atoms with E-state index < -0.39 is 10.0 Å². The van der Waals surface area contributed by atoms with Crippen LogP contribution < -0.4 is 5.32 Å². The van der Waals surface area contributed by atoms with Crippen molar-refractivity contribution in [2.24, 2.45) is 0 Å². The number of anilines is 1. The Morgan fingerprint density at radius 3 is 2.66 bits per heavy atom. The van der Waals surface area contributed by atoms with Crippen molar-refractivity contribution in [3.05, 3.63) is 41.2 Å². The lowest BCUT2D eigenvalue weighted by Crippen LogP contribution is -2.40. The van der Waals surface area contributed by atoms with E-state index in [9.17, 15) is 13.2 Å². The van der Waals surface area contributed by atoms with Crippen molar-refractivity contribution in [2.45, 2.75) is 30.8 Å². The first-order valence-corrected chi connectivity index (χ1v) is 12.5. The number of aromatic nitrogens is 4. The topological polar surface area (TPSA) is 119 Å². The Morgan fingerprint density at radius 2 is 1.91 bits per heavy atom. The maximum atomic E-state index is 12.9. The van der Waals surface area contributed by atoms with Gasteiger partial charge >= 0.3 is 0 Å². The van der Waals surface area contributed by atoms with Crippen LogP contribution in [0.1, 0.15) is 17.0 Å². The number of hydrogen-bond acceptors (Lipinski definition) is 8. The zero-order valence-corrected chi connectivity index (χ0v) is 19.7. The Morgan fingerprint density at radius 1 is 1.16 bits per heavy atom. The second kappa shape index (κ2) is 9.14. The molecule has 1 amide bonds. The first-order chi connectivity index (χ1) is 15.3. The van der Waals surface area contributed by atoms with Crippen LogP contribution in [0.5, 0.6) is 0 Å². The molecule has 1 aliphatic heterocycles. The molecule has 32 heavy (non-hydrogen) atoms. The highest BCUT2D eigenvalue weighted by atomic mass is 32.2. The van der Waals surface area contributed by atoms with Crippen LogP contribution in [0.15, 0.2) is 34.3 Å². The van der Waals surface area contributed by atoms with Crippen molar-refractivity contribution in [1.82, 2.24) is 23.9 Å². The fraction of sp³-hybridized carbons (Fsp3) is 0.400. The van der Waals surface area contributed by atoms with Gasteiger partial charge in [-0.05, 0) is 44.5 Å². The number of amides is 1. The minimum Gasteiger partial charge on any atom is -0.379 e. The van der Waals surface area contributed by atoms with Gasteiger partial charge in [0.15, 0.2) is 5.16 Å². The van der Waals surface area contributed by atoms with Gasteiger partial charge in [0.05, 0.1) is 23.9 Å². The average Bonchev–Trinajstić information content (AvgIpc) is 3.17. The molecule has 0 bridgehead atoms. The molecule has 0 saturated carbocycles. The summed E-state index contributed by atoms with van der Waals surface area (Å²) in [5, 5.41) is 11.6. The lowest BCUT2D eigenvalue weighted by Gasteiger charge is -2.26. The smallest absolute Gasteiger partial charge is 0.256 e. The molecule has 1 fully saturated rings. The van der Waals surface area contributed by atoms with Crippen LogP contribution in [-0.4, -0.2) is 70.3 Å². The molecular weight excluding hydrogens is 452 g/mol. The van der Waals surface area contributed by atoms with Gasteiger partial charge in [0, 0.05) is 30.2 Å². The molecule has 1 aromatic carbocycles. The lowest BCUT2D eigenvalue weighted by molar-refractivity contribution is -0.113. The zero-order chi connectivity index (χ0) is 22.9. The number of aryl methyl sites for hydroxylation is 3. The SMILES string of the molecule is Cc1cc(C)n2c(SCC(=O)Nc3cc(S(=O)(=O)N4CCOCC4)ccc3C)nnc2n1. The van der Waals surface area contributed by atoms with Gasteiger partial charge in [0.1, 0.15) is 0 Å². The number of hydrogen-bond donors (Lipinski definition) is 1. The Balaban J connectivity index is 1.47. The number of morpholine rings is 1. The molecule has 0 atom stereocenters. The van der Waals surface area contributed by atoms with Crippen molar-refractivity contribution in [2.75, 3.05) is 37.4 Å². The quantitative estimate of drug-likeness (QED) is 0.535. The van der Waals surface area contributed by atoms with E-state index in [0.29, 0.717) is 42.9 Å². The summed E-state index contributed by atoms with van der Waals surface area (Å²) in [7, 11) is -3.65. The summed E-state index contributed by atoms with van der Waals surface area (Å²) in [6, 6.07) is 6.68. The predicted molar refractivity (Wildman–Crippen MR) is 120 cm³/mol. The van der Waals surface area contributed by atoms with E-state index in [0.717, 1.165) is 17.0 Å². The number of ether oxygens (including phenoxy) is 1. The maximum absolute atomic E-state index is 12.9. The first-order valence-electron chi connectivity index (χ1n) is 10.1. The van der Waals surface area contributed by atoms with Gasteiger partial charge in [-0.15, -0.1) is 10.2 Å². The van der Waals surface area contributed by atoms with E-state index in [2.05, 4.69) is 20.5 Å². The molecule has 1 aliphatic rings. The van der Waals surface area contributed by atoms with Gasteiger partial charge in [-0.3, -0.25) is 9.20 Å². The van der Waals surface area contributed by atoms with Crippen molar-refractivity contribution in [3.63, 3.8) is 0 Å². The normalized spacial score (nSPS) is 15.2. The number of thioether (sulfide) groups is 1. The average molecular weight is 477 g/mol. The third-order valence-corrected chi connectivity index (χ3v) is 7.91. The van der Waals surface area contributed by atoms with E-state index >= 15 is 0 Å². The molecule has 12 heteroatoms. The minimum atomic E-state index is -3.65. The van der Waals surface area contributed by atoms with E-state index in [1.54, 1.807) is 16.5 Å². The number of sulfonamides is 1. The fourth-order valence-corrected chi connectivity index (χ4v) is 5.66. The molecule has 0 aliphatic carbocycles. The second-order valence-corrected chi connectivity index (χ2v) is 10.4. The Labute approximate surface area is 190 Å². The Bertz CT molecular complexity index is 1270. The van der Waals surface area contributed by atoms with Crippen LogP contribution in [0.3, 0.4) is 0 Å². The van der Waals surface area contributed by atoms with E-state index in [1.165, 1.54) is 22.1 Å². The molecule has 3 heterocycles. The van der Waals surface area contributed by atoms with Crippen molar-refractivity contribution in [3.8, 4) is 0 Å². The predicted octanol–water partition coefficient (Wildman–Crippen LogP) is 1.80. The summed E-state index contributed by atoms with van der Waals surface area (Å²) in [6.07, 6.45) is 0. The third-order valence-electron chi connectivity index (χ3n) is 5.09. The molecule has 0 spiro atoms. The number of benzene rings is 1. The molecule has 0 unspecified atom stereocenters. The zero-order valence-electron chi connectivity index (χ0n) is 18.0. The van der Waals surface area contributed by atoms with Crippen molar-refractivity contribution >= 4 is 39.2 Å². The van der Waals surface area contributed by atoms with Crippen LogP contribution in [0.4, 0.5) is 5.69 Å². The summed E-state index contributed by atoms with van der Waals surface area (Å²) in [5.74, 6) is 0.310. The van der Waals surface area contributed by atoms with E-state index in [-0.39, 0.29) is 16.6 Å². The van der Waals surface area contributed by atoms with Gasteiger partial charge in [-0.1, -0.05) is 17.8 Å². The van der Waals surface area contributed by atoms with Crippen LogP contribution in [0.2, 0.25) is 0 Å². The van der Waals surface area contributed by atoms with E-state index in [1.807, 2.05) is 26.8 Å². The summed E-state index contributed by atoms with van der Waals surface area (Å²) < 4.78 is 34.3. The van der Waals surface area contributed by atoms with Gasteiger partial charge in [-0.2, -0.15) is 4.31 Å². The monoisotopic (exact) mass is 476 g/mol. The number of fused-ring (bicyclic) bond motifs is 1. The fourth-order valence-electron chi connectivity index (χ4n) is 3.44. The highest BCUT2D eigenvalue weighted by Crippen LogP contribution is 2.24. The number of nitrogens with zero attached hydrogens (tertiary/aromatic N) is 5. The standard InChI is InChI=1S/C20H24N6O4S2/c1-13-4-5-16(32(28,29)25-6-8-30-9-7-25)11-17(13)22-18(27)12-31-20-24-23-19-21-14(2)10-15(3)26(19)20/h4-5,10-11H,6-9,12H2,1-3H3,(H,22,27). The van der Waals surface area contributed by atoms with Crippen LogP contribution in [0, 0.1) is 20.8 Å². The number of rotatable bonds is 6. The van der Waals surface area contributed by atoms with Crippen molar-refractivity contribution in [1.29, 1.82) is 0 Å². The molecule has 0 radical (unpaired) electrons. The Hall–Kier alpha value is -2.54. The molecule has 10 nitrogen and oxygen atoms in total. The second-order valence-electron chi connectivity index (χ2n) is 7.49. The number of carbonyl (C=O) groups excluding carboxylic acids is 1. The summed E-state index contributed by atoms with van der Waals surface area (Å²) in [5.41, 5.74) is 3.01. The molecule has 4 rings (SSSR count). The maximum Gasteiger partial charge on any atom is 0.256 e. The summed E-state index contributed by atoms with van der Waals surface area (Å²) in [6.45, 7) is 7.01. The van der Waals surface area contributed by atoms with Gasteiger partial charge in [0.25, 0.3) is 5.78 Å². The molecule has 170 valence electrons. The van der Waals surface area contributed by atoms with Gasteiger partial charge < -0.3 is 10.1 Å². The molecule has 3 aromatic rings. The molecule has 1 saturated heterocycles. The largest absolute Gasteiger partial charge is 0.379 e. The van der Waals surface area contributed by atoms with Crippen LogP contribution >= 0.6 is 11.8 Å². The summed E-state index contributed by atoms with van der Waals surface area (Å²) in [4.78, 5) is 17.1. The van der Waals surface area contributed by atoms with Gasteiger partial charge in [0.2, 0.25) is 15.9 Å². The number of carbonyl (C=O) groups is 1. The molecule has 1 N–H and O–H groups in total. The highest BCUT2D eigenvalue weighted by molar-refractivity contribution is 7.99. The Kier molecular flexibility index (Phi) is 6.47. The van der Waals surface area contributed by atoms with Crippen LogP contribution in [-0.2, 0) is 19.6 Å². The highest BCUT2D eigenvalue weighted by Gasteiger charge is 2.27. The van der Waals surface area contributed by atoms with Crippen LogP contribution in [0.25, 0.3) is 5.78 Å². The summed E-state index contributed by atoms with van der Waals surface area (Å²) >= 11 is 1.24. The minimum absolute atomic E-state index is 0.0913. The first kappa shape index (κ1) is 22.6. The van der Waals surface area contributed by atoms with Crippen molar-refractivity contribution < 1.29 is 17.9 Å². The number of nitrogens with one attached hydrogen (secondary N) is 1. The van der Waals surface area contributed by atoms with E-state index in [4.69, 9.17) is 4.74 Å². The van der Waals surface area contributed by atoms with Gasteiger partial charge in [-0.25, -0.2) is 13.4 Å². The lowest BCUT2D eigenvalue weighted by atomic mass is 10.2.